The molecule has 0 saturated heterocycles. The lowest BCUT2D eigenvalue weighted by molar-refractivity contribution is -0.143. The molecule has 13 heteroatoms. The SMILES string of the molecule is CC(NC(=O)C(CCC(N)=O)NC(=O)C(N)CCC(=O)O)C(=O)NC(C(=O)O)C(C)C. The van der Waals surface area contributed by atoms with Gasteiger partial charge in [0, 0.05) is 12.8 Å². The van der Waals surface area contributed by atoms with Crippen molar-refractivity contribution in [1.29, 1.82) is 0 Å². The number of carbonyl (C=O) groups is 6. The number of primary amides is 1. The minimum absolute atomic E-state index is 0.171. The summed E-state index contributed by atoms with van der Waals surface area (Å²) in [7, 11) is 0. The molecule has 31 heavy (non-hydrogen) atoms. The van der Waals surface area contributed by atoms with E-state index >= 15 is 0 Å². The minimum Gasteiger partial charge on any atom is -0.481 e. The second-order valence-electron chi connectivity index (χ2n) is 7.40. The molecule has 0 saturated carbocycles. The van der Waals surface area contributed by atoms with Crippen LogP contribution in [0.5, 0.6) is 0 Å². The number of carboxylic acids is 2. The molecule has 4 atom stereocenters. The molecule has 13 nitrogen and oxygen atoms in total. The van der Waals surface area contributed by atoms with Gasteiger partial charge in [-0.3, -0.25) is 24.0 Å². The summed E-state index contributed by atoms with van der Waals surface area (Å²) in [6.07, 6.45) is -0.963. The van der Waals surface area contributed by atoms with Gasteiger partial charge in [-0.1, -0.05) is 13.8 Å². The lowest BCUT2D eigenvalue weighted by atomic mass is 10.0. The number of nitrogens with one attached hydrogen (secondary N) is 3. The predicted octanol–water partition coefficient (Wildman–Crippen LogP) is -2.34. The molecule has 0 bridgehead atoms. The van der Waals surface area contributed by atoms with Gasteiger partial charge in [0.1, 0.15) is 18.1 Å². The van der Waals surface area contributed by atoms with Crippen molar-refractivity contribution in [2.24, 2.45) is 17.4 Å². The number of nitrogens with two attached hydrogens (primary N) is 2. The minimum atomic E-state index is -1.27. The van der Waals surface area contributed by atoms with Crippen LogP contribution in [0.2, 0.25) is 0 Å². The van der Waals surface area contributed by atoms with Gasteiger partial charge < -0.3 is 37.6 Å². The third kappa shape index (κ3) is 10.9. The zero-order valence-electron chi connectivity index (χ0n) is 17.7. The highest BCUT2D eigenvalue weighted by atomic mass is 16.4. The lowest BCUT2D eigenvalue weighted by Crippen LogP contribution is -2.56. The Morgan fingerprint density at radius 1 is 0.806 bits per heavy atom. The van der Waals surface area contributed by atoms with Crippen LogP contribution >= 0.6 is 0 Å². The van der Waals surface area contributed by atoms with Crippen LogP contribution in [0.4, 0.5) is 0 Å². The Kier molecular flexibility index (Phi) is 11.8. The van der Waals surface area contributed by atoms with Crippen molar-refractivity contribution < 1.29 is 39.0 Å². The summed E-state index contributed by atoms with van der Waals surface area (Å²) in [5, 5.41) is 24.8. The summed E-state index contributed by atoms with van der Waals surface area (Å²) >= 11 is 0. The van der Waals surface area contributed by atoms with Crippen molar-refractivity contribution >= 4 is 35.6 Å². The highest BCUT2D eigenvalue weighted by Crippen LogP contribution is 2.04. The van der Waals surface area contributed by atoms with Crippen LogP contribution in [0.1, 0.15) is 46.5 Å². The predicted molar refractivity (Wildman–Crippen MR) is 107 cm³/mol. The summed E-state index contributed by atoms with van der Waals surface area (Å²) in [5.74, 6) is -5.90. The molecular weight excluding hydrogens is 414 g/mol. The van der Waals surface area contributed by atoms with Gasteiger partial charge in [0.05, 0.1) is 6.04 Å². The zero-order valence-corrected chi connectivity index (χ0v) is 17.7. The smallest absolute Gasteiger partial charge is 0.326 e. The van der Waals surface area contributed by atoms with Gasteiger partial charge in [-0.05, 0) is 25.7 Å². The van der Waals surface area contributed by atoms with Crippen molar-refractivity contribution in [3.63, 3.8) is 0 Å². The van der Waals surface area contributed by atoms with Gasteiger partial charge in [0.2, 0.25) is 23.6 Å². The number of hydrogen-bond acceptors (Lipinski definition) is 7. The average Bonchev–Trinajstić information content (AvgIpc) is 2.65. The molecule has 0 aromatic carbocycles. The third-order valence-corrected chi connectivity index (χ3v) is 4.30. The molecule has 0 aliphatic rings. The third-order valence-electron chi connectivity index (χ3n) is 4.30. The maximum atomic E-state index is 12.5. The van der Waals surface area contributed by atoms with Gasteiger partial charge >= 0.3 is 11.9 Å². The first kappa shape index (κ1) is 27.8. The second kappa shape index (κ2) is 13.2. The Morgan fingerprint density at radius 2 is 1.39 bits per heavy atom. The number of aliphatic carboxylic acids is 2. The summed E-state index contributed by atoms with van der Waals surface area (Å²) in [4.78, 5) is 69.8. The lowest BCUT2D eigenvalue weighted by Gasteiger charge is -2.24. The number of rotatable bonds is 14. The molecule has 0 aromatic heterocycles. The van der Waals surface area contributed by atoms with Crippen LogP contribution in [0.3, 0.4) is 0 Å². The molecular formula is C18H31N5O8. The number of carbonyl (C=O) groups excluding carboxylic acids is 4. The highest BCUT2D eigenvalue weighted by molar-refractivity contribution is 5.94. The Morgan fingerprint density at radius 3 is 1.84 bits per heavy atom. The first-order chi connectivity index (χ1) is 14.3. The van der Waals surface area contributed by atoms with Crippen LogP contribution in [0.25, 0.3) is 0 Å². The molecule has 9 N–H and O–H groups in total. The summed E-state index contributed by atoms with van der Waals surface area (Å²) in [6, 6.07) is -4.79. The standard InChI is InChI=1S/C18H31N5O8/c1-8(2)14(18(30)31)23-15(27)9(3)21-17(29)11(5-6-12(20)24)22-16(28)10(19)4-7-13(25)26/h8-11,14H,4-7,19H2,1-3H3,(H2,20,24)(H,21,29)(H,22,28)(H,23,27)(H,25,26)(H,30,31). The van der Waals surface area contributed by atoms with Crippen LogP contribution < -0.4 is 27.4 Å². The largest absolute Gasteiger partial charge is 0.481 e. The molecule has 176 valence electrons. The molecule has 0 radical (unpaired) electrons. The van der Waals surface area contributed by atoms with Crippen LogP contribution in [-0.4, -0.2) is 69.9 Å². The second-order valence-corrected chi connectivity index (χ2v) is 7.40. The van der Waals surface area contributed by atoms with Crippen LogP contribution in [0.15, 0.2) is 0 Å². The molecule has 0 aromatic rings. The van der Waals surface area contributed by atoms with Crippen molar-refractivity contribution in [1.82, 2.24) is 16.0 Å². The monoisotopic (exact) mass is 445 g/mol. The maximum Gasteiger partial charge on any atom is 0.326 e. The van der Waals surface area contributed by atoms with Gasteiger partial charge in [-0.2, -0.15) is 0 Å². The van der Waals surface area contributed by atoms with E-state index in [1.165, 1.54) is 6.92 Å². The first-order valence-corrected chi connectivity index (χ1v) is 9.65. The molecule has 0 fully saturated rings. The topological polar surface area (TPSA) is 231 Å². The van der Waals surface area contributed by atoms with Crippen molar-refractivity contribution in [3.05, 3.63) is 0 Å². The fraction of sp³-hybridized carbons (Fsp3) is 0.667. The summed E-state index contributed by atoms with van der Waals surface area (Å²) in [5.41, 5.74) is 10.7. The number of hydrogen-bond donors (Lipinski definition) is 7. The normalized spacial score (nSPS) is 14.6. The zero-order chi connectivity index (χ0) is 24.3. The molecule has 4 amide bonds. The maximum absolute atomic E-state index is 12.5. The van der Waals surface area contributed by atoms with Gasteiger partial charge in [0.25, 0.3) is 0 Å². The van der Waals surface area contributed by atoms with Gasteiger partial charge in [-0.25, -0.2) is 4.79 Å². The van der Waals surface area contributed by atoms with E-state index < -0.39 is 65.7 Å². The Bertz CT molecular complexity index is 696. The van der Waals surface area contributed by atoms with E-state index in [0.29, 0.717) is 0 Å². The van der Waals surface area contributed by atoms with E-state index in [1.54, 1.807) is 13.8 Å². The van der Waals surface area contributed by atoms with E-state index in [-0.39, 0.29) is 25.7 Å². The van der Waals surface area contributed by atoms with Crippen molar-refractivity contribution in [2.45, 2.75) is 70.6 Å². The van der Waals surface area contributed by atoms with Crippen molar-refractivity contribution in [2.75, 3.05) is 0 Å². The Labute approximate surface area is 179 Å². The van der Waals surface area contributed by atoms with Crippen LogP contribution in [0, 0.1) is 5.92 Å². The fourth-order valence-electron chi connectivity index (χ4n) is 2.42. The van der Waals surface area contributed by atoms with Gasteiger partial charge in [-0.15, -0.1) is 0 Å². The molecule has 0 aliphatic heterocycles. The van der Waals surface area contributed by atoms with E-state index in [9.17, 15) is 28.8 Å². The fourth-order valence-corrected chi connectivity index (χ4v) is 2.42. The van der Waals surface area contributed by atoms with Crippen molar-refractivity contribution in [3.8, 4) is 0 Å². The van der Waals surface area contributed by atoms with E-state index in [1.807, 2.05) is 0 Å². The molecule has 0 heterocycles. The van der Waals surface area contributed by atoms with E-state index in [0.717, 1.165) is 0 Å². The summed E-state index contributed by atoms with van der Waals surface area (Å²) < 4.78 is 0. The number of carboxylic acid groups (broad SMARTS) is 2. The molecule has 0 rings (SSSR count). The summed E-state index contributed by atoms with van der Waals surface area (Å²) in [6.45, 7) is 4.52. The average molecular weight is 445 g/mol. The van der Waals surface area contributed by atoms with Crippen LogP contribution in [-0.2, 0) is 28.8 Å². The molecule has 0 spiro atoms. The van der Waals surface area contributed by atoms with E-state index in [4.69, 9.17) is 21.7 Å². The first-order valence-electron chi connectivity index (χ1n) is 9.65. The Balaban J connectivity index is 5.12. The quantitative estimate of drug-likeness (QED) is 0.151. The molecule has 0 aliphatic carbocycles. The molecule has 4 unspecified atom stereocenters. The highest BCUT2D eigenvalue weighted by Gasteiger charge is 2.29. The Hall–Kier alpha value is -3.22. The number of amides is 4. The van der Waals surface area contributed by atoms with Gasteiger partial charge in [0.15, 0.2) is 0 Å². The van der Waals surface area contributed by atoms with E-state index in [2.05, 4.69) is 16.0 Å².